The minimum atomic E-state index is -5.71. The van der Waals surface area contributed by atoms with Gasteiger partial charge >= 0.3 is 152 Å². The molecule has 0 aromatic carbocycles. The molecule has 136 valence electrons. The van der Waals surface area contributed by atoms with E-state index >= 15 is 0 Å². The van der Waals surface area contributed by atoms with Gasteiger partial charge in [-0.15, -0.1) is 0 Å². The molecule has 0 amide bonds. The topological polar surface area (TPSA) is 105 Å². The molecule has 25 heavy (non-hydrogen) atoms. The molecule has 0 aromatic heterocycles. The number of rotatable bonds is 8. The van der Waals surface area contributed by atoms with Crippen LogP contribution in [0.4, 0.5) is 0 Å². The summed E-state index contributed by atoms with van der Waals surface area (Å²) in [5.74, 6) is -3.91. The molecule has 0 radical (unpaired) electrons. The Morgan fingerprint density at radius 1 is 0.520 bits per heavy atom. The number of carbonyl (C=O) groups is 4. The Bertz CT molecular complexity index is 506. The van der Waals surface area contributed by atoms with Crippen molar-refractivity contribution in [2.75, 3.05) is 0 Å². The summed E-state index contributed by atoms with van der Waals surface area (Å²) < 4.78 is 19.9. The number of allylic oxidation sites excluding steroid dienone is 4. The molecule has 0 unspecified atom stereocenters. The van der Waals surface area contributed by atoms with E-state index in [1.807, 2.05) is 0 Å². The summed E-state index contributed by atoms with van der Waals surface area (Å²) in [5.41, 5.74) is 0. The van der Waals surface area contributed by atoms with E-state index in [9.17, 15) is 19.2 Å². The Morgan fingerprint density at radius 3 is 0.880 bits per heavy atom. The van der Waals surface area contributed by atoms with Gasteiger partial charge in [-0.2, -0.15) is 0 Å². The van der Waals surface area contributed by atoms with Crippen LogP contribution >= 0.6 is 0 Å². The van der Waals surface area contributed by atoms with Gasteiger partial charge in [0.2, 0.25) is 0 Å². The van der Waals surface area contributed by atoms with Gasteiger partial charge in [0.05, 0.1) is 0 Å². The van der Waals surface area contributed by atoms with Crippen molar-refractivity contribution in [3.05, 3.63) is 48.6 Å². The summed E-state index contributed by atoms with van der Waals surface area (Å²) in [4.78, 5) is 47.2. The molecule has 0 bridgehead atoms. The zero-order valence-corrected chi connectivity index (χ0v) is 17.2. The van der Waals surface area contributed by atoms with Gasteiger partial charge in [-0.3, -0.25) is 0 Å². The van der Waals surface area contributed by atoms with Gasteiger partial charge in [-0.05, 0) is 0 Å². The number of hydrogen-bond donors (Lipinski definition) is 0. The molecular formula is C16H20O8Sn. The van der Waals surface area contributed by atoms with Gasteiger partial charge < -0.3 is 0 Å². The first-order valence-corrected chi connectivity index (χ1v) is 11.9. The third-order valence-electron chi connectivity index (χ3n) is 2.11. The Kier molecular flexibility index (Phi) is 10.9. The Morgan fingerprint density at radius 2 is 0.720 bits per heavy atom. The molecule has 0 saturated carbocycles. The molecule has 0 saturated heterocycles. The van der Waals surface area contributed by atoms with Crippen LogP contribution in [0.2, 0.25) is 0 Å². The maximum absolute atomic E-state index is 11.8. The Labute approximate surface area is 151 Å². The van der Waals surface area contributed by atoms with Crippen molar-refractivity contribution in [1.29, 1.82) is 0 Å². The van der Waals surface area contributed by atoms with Crippen molar-refractivity contribution in [1.82, 2.24) is 0 Å². The first kappa shape index (κ1) is 22.6. The summed E-state index contributed by atoms with van der Waals surface area (Å²) >= 11 is -5.71. The predicted octanol–water partition coefficient (Wildman–Crippen LogP) is 1.90. The molecule has 0 aromatic rings. The van der Waals surface area contributed by atoms with E-state index < -0.39 is 43.9 Å². The van der Waals surface area contributed by atoms with E-state index in [1.54, 1.807) is 27.7 Å². The van der Waals surface area contributed by atoms with Crippen LogP contribution in [0.5, 0.6) is 0 Å². The molecule has 0 heterocycles. The van der Waals surface area contributed by atoms with Gasteiger partial charge in [0.25, 0.3) is 0 Å². The summed E-state index contributed by atoms with van der Waals surface area (Å²) in [7, 11) is 0. The minimum absolute atomic E-state index is 0.979. The number of carbonyl (C=O) groups excluding carboxylic acids is 4. The molecule has 9 heteroatoms. The van der Waals surface area contributed by atoms with Crippen molar-refractivity contribution >= 4 is 43.9 Å². The van der Waals surface area contributed by atoms with Crippen LogP contribution in [-0.2, 0) is 31.5 Å². The van der Waals surface area contributed by atoms with Crippen LogP contribution in [0, 0.1) is 0 Å². The van der Waals surface area contributed by atoms with Crippen LogP contribution in [0.15, 0.2) is 48.6 Å². The van der Waals surface area contributed by atoms with Gasteiger partial charge in [0.1, 0.15) is 0 Å². The Hall–Kier alpha value is -2.36. The fraction of sp³-hybridized carbons (Fsp3) is 0.250. The first-order valence-electron chi connectivity index (χ1n) is 7.25. The summed E-state index contributed by atoms with van der Waals surface area (Å²) in [6.45, 7) is 6.17. The SMILES string of the molecule is CC=CC(=O)[O][Sn]([O]C(=O)C=CC)([O]C(=O)C=CC)[O]C(=O)C=CC. The molecule has 0 aliphatic carbocycles. The second-order valence-electron chi connectivity index (χ2n) is 4.18. The third kappa shape index (κ3) is 9.50. The molecule has 0 aliphatic heterocycles. The van der Waals surface area contributed by atoms with Gasteiger partial charge in [0.15, 0.2) is 0 Å². The maximum atomic E-state index is 11.8. The van der Waals surface area contributed by atoms with Crippen LogP contribution in [0.1, 0.15) is 27.7 Å². The zero-order chi connectivity index (χ0) is 19.3. The van der Waals surface area contributed by atoms with E-state index in [0.717, 1.165) is 24.3 Å². The predicted molar refractivity (Wildman–Crippen MR) is 89.4 cm³/mol. The molecule has 0 aliphatic rings. The van der Waals surface area contributed by atoms with Gasteiger partial charge in [0, 0.05) is 0 Å². The quantitative estimate of drug-likeness (QED) is 0.401. The molecular weight excluding hydrogens is 439 g/mol. The number of hydrogen-bond acceptors (Lipinski definition) is 8. The van der Waals surface area contributed by atoms with Crippen molar-refractivity contribution in [2.24, 2.45) is 0 Å². The second kappa shape index (κ2) is 12.1. The van der Waals surface area contributed by atoms with Crippen molar-refractivity contribution in [3.8, 4) is 0 Å². The standard InChI is InChI=1S/4C4H6O2.Sn/c4*1-2-3-4(5)6;/h4*2-3H,1H3,(H,5,6);/q;;;;+4/p-4. The molecule has 0 N–H and O–H groups in total. The van der Waals surface area contributed by atoms with Crippen molar-refractivity contribution in [2.45, 2.75) is 27.7 Å². The zero-order valence-electron chi connectivity index (χ0n) is 14.4. The van der Waals surface area contributed by atoms with Gasteiger partial charge in [-0.25, -0.2) is 0 Å². The van der Waals surface area contributed by atoms with Crippen molar-refractivity contribution < 1.29 is 31.5 Å². The average molecular weight is 459 g/mol. The van der Waals surface area contributed by atoms with Crippen LogP contribution in [-0.4, -0.2) is 43.9 Å². The second-order valence-corrected chi connectivity index (χ2v) is 9.37. The molecule has 0 rings (SSSR count). The molecule has 0 fully saturated rings. The molecule has 8 nitrogen and oxygen atoms in total. The van der Waals surface area contributed by atoms with Crippen LogP contribution < -0.4 is 0 Å². The van der Waals surface area contributed by atoms with E-state index in [0.29, 0.717) is 0 Å². The molecule has 0 spiro atoms. The van der Waals surface area contributed by atoms with E-state index in [2.05, 4.69) is 0 Å². The summed E-state index contributed by atoms with van der Waals surface area (Å²) in [6, 6.07) is 0. The fourth-order valence-electron chi connectivity index (χ4n) is 1.30. The van der Waals surface area contributed by atoms with E-state index in [1.165, 1.54) is 24.3 Å². The normalized spacial score (nSPS) is 13.9. The fourth-order valence-corrected chi connectivity index (χ4v) is 5.60. The summed E-state index contributed by atoms with van der Waals surface area (Å²) in [6.07, 6.45) is 9.43. The summed E-state index contributed by atoms with van der Waals surface area (Å²) in [5, 5.41) is 0. The van der Waals surface area contributed by atoms with Crippen LogP contribution in [0.3, 0.4) is 0 Å². The van der Waals surface area contributed by atoms with E-state index in [-0.39, 0.29) is 0 Å². The van der Waals surface area contributed by atoms with Crippen molar-refractivity contribution in [3.63, 3.8) is 0 Å². The van der Waals surface area contributed by atoms with E-state index in [4.69, 9.17) is 12.3 Å². The third-order valence-corrected chi connectivity index (χ3v) is 7.26. The van der Waals surface area contributed by atoms with Gasteiger partial charge in [-0.1, -0.05) is 0 Å². The monoisotopic (exact) mass is 460 g/mol. The van der Waals surface area contributed by atoms with Crippen LogP contribution in [0.25, 0.3) is 0 Å². The molecule has 0 atom stereocenters. The average Bonchev–Trinajstić information content (AvgIpc) is 2.47. The Balaban J connectivity index is 5.87. The first-order chi connectivity index (χ1) is 11.8.